The maximum absolute atomic E-state index is 3.96. The molecule has 0 aliphatic heterocycles. The smallest absolute Gasteiger partial charge is 0.0297 e. The molecule has 0 amide bonds. The molecular weight excluding hydrogens is 114 g/mol. The molecule has 0 aliphatic carbocycles. The Morgan fingerprint density at radius 2 is 1.33 bits per heavy atom. The van der Waals surface area contributed by atoms with Crippen molar-refractivity contribution in [2.24, 2.45) is 0 Å². The van der Waals surface area contributed by atoms with Gasteiger partial charge in [0, 0.05) is 4.31 Å². The first-order chi connectivity index (χ1) is 2.83. The van der Waals surface area contributed by atoms with E-state index in [9.17, 15) is 0 Å². The van der Waals surface area contributed by atoms with Crippen LogP contribution in [-0.4, -0.2) is 18.4 Å². The van der Waals surface area contributed by atoms with Gasteiger partial charge in [-0.05, 0) is 38.5 Å². The number of thiocarbonyl (C=S) groups is 2. The van der Waals surface area contributed by atoms with Crippen molar-refractivity contribution in [3.63, 3.8) is 0 Å². The van der Waals surface area contributed by atoms with Gasteiger partial charge >= 0.3 is 0 Å². The van der Waals surface area contributed by atoms with Crippen LogP contribution in [0.2, 0.25) is 0 Å². The van der Waals surface area contributed by atoms with E-state index in [2.05, 4.69) is 29.8 Å². The van der Waals surface area contributed by atoms with E-state index in [1.54, 1.807) is 0 Å². The minimum atomic E-state index is 1.88. The molecule has 36 valence electrons. The minimum Gasteiger partial charge on any atom is -0.323 e. The van der Waals surface area contributed by atoms with E-state index in [1.165, 1.54) is 0 Å². The molecule has 0 spiro atoms. The van der Waals surface area contributed by atoms with Crippen molar-refractivity contribution in [1.29, 1.82) is 0 Å². The standard InChI is InChI=1S/C2H7N.CS2/c1-3-2;2-1-3/h3H,1-2H3;. The number of hydrogen-bond acceptors (Lipinski definition) is 3. The maximum Gasteiger partial charge on any atom is 0.0297 e. The van der Waals surface area contributed by atoms with Crippen molar-refractivity contribution in [2.45, 2.75) is 0 Å². The van der Waals surface area contributed by atoms with Crippen LogP contribution in [0, 0.1) is 0 Å². The summed E-state index contributed by atoms with van der Waals surface area (Å²) in [7, 11) is 3.75. The van der Waals surface area contributed by atoms with Gasteiger partial charge in [-0.25, -0.2) is 0 Å². The summed E-state index contributed by atoms with van der Waals surface area (Å²) in [5.41, 5.74) is 0. The molecule has 0 fully saturated rings. The molecule has 1 N–H and O–H groups in total. The van der Waals surface area contributed by atoms with Crippen LogP contribution in [0.25, 0.3) is 0 Å². The van der Waals surface area contributed by atoms with Gasteiger partial charge in [-0.3, -0.25) is 0 Å². The van der Waals surface area contributed by atoms with Gasteiger partial charge in [0.15, 0.2) is 0 Å². The molecule has 0 aromatic heterocycles. The lowest BCUT2D eigenvalue weighted by molar-refractivity contribution is 1.02. The molecule has 0 aliphatic rings. The zero-order chi connectivity index (χ0) is 5.41. The van der Waals surface area contributed by atoms with Gasteiger partial charge in [0.25, 0.3) is 0 Å². The second-order valence-electron chi connectivity index (χ2n) is 0.583. The van der Waals surface area contributed by atoms with E-state index < -0.39 is 0 Å². The van der Waals surface area contributed by atoms with Crippen molar-refractivity contribution >= 4 is 28.7 Å². The fraction of sp³-hybridized carbons (Fsp3) is 0.667. The zero-order valence-electron chi connectivity index (χ0n) is 3.82. The molecule has 0 bridgehead atoms. The summed E-state index contributed by atoms with van der Waals surface area (Å²) < 4.78 is 1.92. The Labute approximate surface area is 48.7 Å². The van der Waals surface area contributed by atoms with Crippen LogP contribution in [-0.2, 0) is 0 Å². The second-order valence-corrected chi connectivity index (χ2v) is 1.25. The summed E-state index contributed by atoms with van der Waals surface area (Å²) in [4.78, 5) is 0. The first kappa shape index (κ1) is 9.49. The first-order valence-electron chi connectivity index (χ1n) is 1.41. The van der Waals surface area contributed by atoms with Crippen LogP contribution in [0.3, 0.4) is 0 Å². The third-order valence-corrected chi connectivity index (χ3v) is 0. The van der Waals surface area contributed by atoms with Gasteiger partial charge in [-0.2, -0.15) is 0 Å². The lowest BCUT2D eigenvalue weighted by Crippen LogP contribution is -1.89. The largest absolute Gasteiger partial charge is 0.323 e. The second kappa shape index (κ2) is 19.0. The van der Waals surface area contributed by atoms with Crippen LogP contribution in [0.5, 0.6) is 0 Å². The van der Waals surface area contributed by atoms with Crippen LogP contribution in [0.1, 0.15) is 0 Å². The highest BCUT2D eigenvalue weighted by Crippen LogP contribution is 1.29. The third kappa shape index (κ3) is 1300. The topological polar surface area (TPSA) is 12.0 Å². The molecule has 0 aromatic rings. The summed E-state index contributed by atoms with van der Waals surface area (Å²) in [5, 5.41) is 2.75. The molecule has 6 heavy (non-hydrogen) atoms. The van der Waals surface area contributed by atoms with Crippen molar-refractivity contribution in [3.8, 4) is 0 Å². The monoisotopic (exact) mass is 121 g/mol. The van der Waals surface area contributed by atoms with E-state index in [0.29, 0.717) is 0 Å². The van der Waals surface area contributed by atoms with E-state index in [4.69, 9.17) is 0 Å². The van der Waals surface area contributed by atoms with Gasteiger partial charge in [0.1, 0.15) is 0 Å². The van der Waals surface area contributed by atoms with Crippen LogP contribution >= 0.6 is 24.4 Å². The van der Waals surface area contributed by atoms with Crippen molar-refractivity contribution in [3.05, 3.63) is 0 Å². The minimum absolute atomic E-state index is 1.88. The third-order valence-electron chi connectivity index (χ3n) is 0. The number of nitrogens with one attached hydrogen (secondary N) is 1. The van der Waals surface area contributed by atoms with Crippen LogP contribution < -0.4 is 5.32 Å². The predicted molar refractivity (Wildman–Crippen MR) is 35.2 cm³/mol. The fourth-order valence-electron chi connectivity index (χ4n) is 0. The molecule has 0 heterocycles. The molecule has 0 rings (SSSR count). The van der Waals surface area contributed by atoms with Gasteiger partial charge in [0.2, 0.25) is 0 Å². The van der Waals surface area contributed by atoms with Gasteiger partial charge in [0.05, 0.1) is 0 Å². The molecule has 3 heteroatoms. The molecule has 0 saturated carbocycles. The Balaban J connectivity index is 0. The highest BCUT2D eigenvalue weighted by molar-refractivity contribution is 7.93. The molecule has 1 nitrogen and oxygen atoms in total. The molecule has 0 unspecified atom stereocenters. The highest BCUT2D eigenvalue weighted by atomic mass is 32.1. The fourth-order valence-corrected chi connectivity index (χ4v) is 0. The van der Waals surface area contributed by atoms with E-state index in [0.717, 1.165) is 0 Å². The summed E-state index contributed by atoms with van der Waals surface area (Å²) in [6.07, 6.45) is 0. The quantitative estimate of drug-likeness (QED) is 0.477. The Morgan fingerprint density at radius 1 is 1.33 bits per heavy atom. The van der Waals surface area contributed by atoms with Gasteiger partial charge in [-0.15, -0.1) is 0 Å². The lowest BCUT2D eigenvalue weighted by Gasteiger charge is -1.59. The lowest BCUT2D eigenvalue weighted by atomic mass is 11.3. The highest BCUT2D eigenvalue weighted by Gasteiger charge is 1.25. The Bertz CT molecular complexity index is 38.1. The Morgan fingerprint density at radius 3 is 1.33 bits per heavy atom. The van der Waals surface area contributed by atoms with Crippen LogP contribution in [0.4, 0.5) is 0 Å². The Kier molecular flexibility index (Phi) is 30.1. The summed E-state index contributed by atoms with van der Waals surface area (Å²) >= 11 is 7.92. The normalized spacial score (nSPS) is 4.33. The van der Waals surface area contributed by atoms with E-state index in [1.807, 2.05) is 18.4 Å². The summed E-state index contributed by atoms with van der Waals surface area (Å²) in [5.74, 6) is 0. The maximum atomic E-state index is 3.96. The number of rotatable bonds is 0. The SMILES string of the molecule is CNC.S=C=S. The molecule has 0 saturated heterocycles. The summed E-state index contributed by atoms with van der Waals surface area (Å²) in [6.45, 7) is 0. The Hall–Kier alpha value is 0.180. The molecule has 0 radical (unpaired) electrons. The average Bonchev–Trinajstić information content (AvgIpc) is 1.39. The average molecular weight is 121 g/mol. The van der Waals surface area contributed by atoms with E-state index in [-0.39, 0.29) is 0 Å². The first-order valence-corrected chi connectivity index (χ1v) is 2.22. The molecule has 0 aromatic carbocycles. The van der Waals surface area contributed by atoms with Crippen molar-refractivity contribution in [1.82, 2.24) is 5.32 Å². The van der Waals surface area contributed by atoms with Gasteiger partial charge < -0.3 is 5.32 Å². The summed E-state index contributed by atoms with van der Waals surface area (Å²) in [6, 6.07) is 0. The van der Waals surface area contributed by atoms with Crippen molar-refractivity contribution < 1.29 is 0 Å². The van der Waals surface area contributed by atoms with Gasteiger partial charge in [-0.1, -0.05) is 0 Å². The molecular formula is C3H7NS2. The predicted octanol–water partition coefficient (Wildman–Crippen LogP) is 0.854. The number of hydrogen-bond donors (Lipinski definition) is 1. The van der Waals surface area contributed by atoms with Crippen LogP contribution in [0.15, 0.2) is 0 Å². The van der Waals surface area contributed by atoms with Crippen molar-refractivity contribution in [2.75, 3.05) is 14.1 Å². The molecule has 0 atom stereocenters. The van der Waals surface area contributed by atoms with E-state index >= 15 is 0 Å². The zero-order valence-corrected chi connectivity index (χ0v) is 5.45.